The van der Waals surface area contributed by atoms with Crippen LogP contribution in [0.2, 0.25) is 0 Å². The summed E-state index contributed by atoms with van der Waals surface area (Å²) in [7, 11) is 0. The van der Waals surface area contributed by atoms with Gasteiger partial charge in [-0.1, -0.05) is 55.5 Å². The standard InChI is InChI=1S/C21H25N3O2/c1-2-19(17-9-5-3-6-10-17)22-20(25)21(26)24-15-13-23(14-16-24)18-11-7-4-8-12-18/h3-12,19H,2,13-16H2,1H3,(H,22,25)/t19-/m1/s1. The highest BCUT2D eigenvalue weighted by atomic mass is 16.2. The van der Waals surface area contributed by atoms with Crippen LogP contribution in [0.25, 0.3) is 0 Å². The molecule has 0 bridgehead atoms. The summed E-state index contributed by atoms with van der Waals surface area (Å²) in [6.45, 7) is 4.59. The molecule has 2 amide bonds. The van der Waals surface area contributed by atoms with Crippen molar-refractivity contribution in [3.05, 3.63) is 66.2 Å². The van der Waals surface area contributed by atoms with Crippen LogP contribution < -0.4 is 10.2 Å². The summed E-state index contributed by atoms with van der Waals surface area (Å²) in [6, 6.07) is 19.8. The third-order valence-electron chi connectivity index (χ3n) is 4.80. The van der Waals surface area contributed by atoms with Gasteiger partial charge < -0.3 is 15.1 Å². The van der Waals surface area contributed by atoms with Crippen LogP contribution in [-0.4, -0.2) is 42.9 Å². The average molecular weight is 351 g/mol. The highest BCUT2D eigenvalue weighted by molar-refractivity contribution is 6.35. The number of carbonyl (C=O) groups excluding carboxylic acids is 2. The van der Waals surface area contributed by atoms with Crippen molar-refractivity contribution in [3.63, 3.8) is 0 Å². The molecule has 136 valence electrons. The largest absolute Gasteiger partial charge is 0.368 e. The Morgan fingerprint density at radius 3 is 2.08 bits per heavy atom. The number of para-hydroxylation sites is 1. The maximum absolute atomic E-state index is 12.5. The van der Waals surface area contributed by atoms with Crippen LogP contribution in [0.5, 0.6) is 0 Å². The lowest BCUT2D eigenvalue weighted by molar-refractivity contribution is -0.146. The first-order chi connectivity index (χ1) is 12.7. The first kappa shape index (κ1) is 18.0. The van der Waals surface area contributed by atoms with Gasteiger partial charge in [0.2, 0.25) is 0 Å². The average Bonchev–Trinajstić information content (AvgIpc) is 2.72. The molecular weight excluding hydrogens is 326 g/mol. The first-order valence-electron chi connectivity index (χ1n) is 9.13. The minimum Gasteiger partial charge on any atom is -0.368 e. The molecule has 0 spiro atoms. The van der Waals surface area contributed by atoms with Crippen LogP contribution in [0.15, 0.2) is 60.7 Å². The molecule has 0 aliphatic carbocycles. The number of benzene rings is 2. The topological polar surface area (TPSA) is 52.7 Å². The predicted octanol–water partition coefficient (Wildman–Crippen LogP) is 2.60. The summed E-state index contributed by atoms with van der Waals surface area (Å²) in [5.74, 6) is -0.957. The van der Waals surface area contributed by atoms with Gasteiger partial charge in [0.15, 0.2) is 0 Å². The van der Waals surface area contributed by atoms with Crippen LogP contribution in [0.4, 0.5) is 5.69 Å². The molecule has 1 fully saturated rings. The zero-order valence-corrected chi connectivity index (χ0v) is 15.1. The molecule has 2 aromatic rings. The normalized spacial score (nSPS) is 15.4. The number of piperazine rings is 1. The Morgan fingerprint density at radius 2 is 1.50 bits per heavy atom. The molecule has 1 saturated heterocycles. The quantitative estimate of drug-likeness (QED) is 0.862. The van der Waals surface area contributed by atoms with Crippen LogP contribution in [-0.2, 0) is 9.59 Å². The molecule has 0 aromatic heterocycles. The summed E-state index contributed by atoms with van der Waals surface area (Å²) in [4.78, 5) is 28.8. The number of carbonyl (C=O) groups is 2. The fourth-order valence-corrected chi connectivity index (χ4v) is 3.28. The molecule has 0 saturated carbocycles. The van der Waals surface area contributed by atoms with Gasteiger partial charge >= 0.3 is 11.8 Å². The monoisotopic (exact) mass is 351 g/mol. The van der Waals surface area contributed by atoms with E-state index >= 15 is 0 Å². The molecular formula is C21H25N3O2. The van der Waals surface area contributed by atoms with Gasteiger partial charge in [0.25, 0.3) is 0 Å². The lowest BCUT2D eigenvalue weighted by Crippen LogP contribution is -2.53. The lowest BCUT2D eigenvalue weighted by atomic mass is 10.0. The molecule has 2 aromatic carbocycles. The molecule has 5 heteroatoms. The van der Waals surface area contributed by atoms with Crippen molar-refractivity contribution >= 4 is 17.5 Å². The second-order valence-corrected chi connectivity index (χ2v) is 6.46. The van der Waals surface area contributed by atoms with E-state index in [4.69, 9.17) is 0 Å². The van der Waals surface area contributed by atoms with Crippen LogP contribution in [0, 0.1) is 0 Å². The number of hydrogen-bond donors (Lipinski definition) is 1. The van der Waals surface area contributed by atoms with E-state index in [9.17, 15) is 9.59 Å². The molecule has 0 unspecified atom stereocenters. The van der Waals surface area contributed by atoms with Gasteiger partial charge in [-0.3, -0.25) is 9.59 Å². The van der Waals surface area contributed by atoms with Gasteiger partial charge in [-0.2, -0.15) is 0 Å². The lowest BCUT2D eigenvalue weighted by Gasteiger charge is -2.36. The van der Waals surface area contributed by atoms with Crippen LogP contribution >= 0.6 is 0 Å². The maximum Gasteiger partial charge on any atom is 0.312 e. The summed E-state index contributed by atoms with van der Waals surface area (Å²) < 4.78 is 0. The van der Waals surface area contributed by atoms with Gasteiger partial charge in [0.1, 0.15) is 0 Å². The minimum atomic E-state index is -0.520. The fourth-order valence-electron chi connectivity index (χ4n) is 3.28. The molecule has 1 aliphatic rings. The van der Waals surface area contributed by atoms with Crippen molar-refractivity contribution in [2.24, 2.45) is 0 Å². The molecule has 1 heterocycles. The maximum atomic E-state index is 12.5. The molecule has 0 radical (unpaired) electrons. The second-order valence-electron chi connectivity index (χ2n) is 6.46. The van der Waals surface area contributed by atoms with Crippen molar-refractivity contribution in [2.75, 3.05) is 31.1 Å². The van der Waals surface area contributed by atoms with Crippen LogP contribution in [0.3, 0.4) is 0 Å². The van der Waals surface area contributed by atoms with E-state index in [0.717, 1.165) is 30.8 Å². The summed E-state index contributed by atoms with van der Waals surface area (Å²) in [6.07, 6.45) is 0.741. The summed E-state index contributed by atoms with van der Waals surface area (Å²) in [5, 5.41) is 2.88. The zero-order valence-electron chi connectivity index (χ0n) is 15.1. The van der Waals surface area contributed by atoms with E-state index in [-0.39, 0.29) is 6.04 Å². The predicted molar refractivity (Wildman–Crippen MR) is 103 cm³/mol. The number of hydrogen-bond acceptors (Lipinski definition) is 3. The number of nitrogens with zero attached hydrogens (tertiary/aromatic N) is 2. The van der Waals surface area contributed by atoms with Gasteiger partial charge in [-0.05, 0) is 24.1 Å². The molecule has 1 N–H and O–H groups in total. The Kier molecular flexibility index (Phi) is 5.89. The Morgan fingerprint density at radius 1 is 0.923 bits per heavy atom. The van der Waals surface area contributed by atoms with Crippen molar-refractivity contribution < 1.29 is 9.59 Å². The summed E-state index contributed by atoms with van der Waals surface area (Å²) >= 11 is 0. The van der Waals surface area contributed by atoms with E-state index in [2.05, 4.69) is 22.3 Å². The number of rotatable bonds is 4. The highest BCUT2D eigenvalue weighted by Crippen LogP contribution is 2.17. The zero-order chi connectivity index (χ0) is 18.4. The van der Waals surface area contributed by atoms with Crippen molar-refractivity contribution in [1.29, 1.82) is 0 Å². The van der Waals surface area contributed by atoms with E-state index < -0.39 is 11.8 Å². The fraction of sp³-hybridized carbons (Fsp3) is 0.333. The summed E-state index contributed by atoms with van der Waals surface area (Å²) in [5.41, 5.74) is 2.17. The van der Waals surface area contributed by atoms with Crippen molar-refractivity contribution in [3.8, 4) is 0 Å². The molecule has 1 atom stereocenters. The number of nitrogens with one attached hydrogen (secondary N) is 1. The van der Waals surface area contributed by atoms with Gasteiger partial charge in [-0.25, -0.2) is 0 Å². The number of anilines is 1. The van der Waals surface area contributed by atoms with Crippen molar-refractivity contribution in [1.82, 2.24) is 10.2 Å². The van der Waals surface area contributed by atoms with E-state index in [1.807, 2.05) is 55.5 Å². The third-order valence-corrected chi connectivity index (χ3v) is 4.80. The Balaban J connectivity index is 1.55. The Labute approximate surface area is 154 Å². The smallest absolute Gasteiger partial charge is 0.312 e. The molecule has 3 rings (SSSR count). The van der Waals surface area contributed by atoms with E-state index in [0.29, 0.717) is 13.1 Å². The Hall–Kier alpha value is -2.82. The third kappa shape index (κ3) is 4.23. The minimum absolute atomic E-state index is 0.141. The molecule has 1 aliphatic heterocycles. The highest BCUT2D eigenvalue weighted by Gasteiger charge is 2.27. The SMILES string of the molecule is CC[C@@H](NC(=O)C(=O)N1CCN(c2ccccc2)CC1)c1ccccc1. The first-order valence-corrected chi connectivity index (χ1v) is 9.13. The van der Waals surface area contributed by atoms with Crippen molar-refractivity contribution in [2.45, 2.75) is 19.4 Å². The Bertz CT molecular complexity index is 725. The van der Waals surface area contributed by atoms with Gasteiger partial charge in [0, 0.05) is 31.9 Å². The van der Waals surface area contributed by atoms with Gasteiger partial charge in [0.05, 0.1) is 6.04 Å². The number of amides is 2. The molecule has 26 heavy (non-hydrogen) atoms. The molecule has 5 nitrogen and oxygen atoms in total. The van der Waals surface area contributed by atoms with Crippen LogP contribution in [0.1, 0.15) is 24.9 Å². The van der Waals surface area contributed by atoms with E-state index in [1.54, 1.807) is 4.90 Å². The van der Waals surface area contributed by atoms with E-state index in [1.165, 1.54) is 0 Å². The second kappa shape index (κ2) is 8.52. The van der Waals surface area contributed by atoms with Gasteiger partial charge in [-0.15, -0.1) is 0 Å².